The van der Waals surface area contributed by atoms with Gasteiger partial charge in [0.05, 0.1) is 18.2 Å². The summed E-state index contributed by atoms with van der Waals surface area (Å²) in [4.78, 5) is 30.0. The van der Waals surface area contributed by atoms with E-state index in [0.717, 1.165) is 5.56 Å². The summed E-state index contributed by atoms with van der Waals surface area (Å²) < 4.78 is 24.4. The molecule has 156 valence electrons. The van der Waals surface area contributed by atoms with Gasteiger partial charge in [-0.15, -0.1) is 0 Å². The number of rotatable bonds is 9. The Morgan fingerprint density at radius 1 is 1.10 bits per heavy atom. The van der Waals surface area contributed by atoms with E-state index in [1.807, 2.05) is 37.3 Å². The van der Waals surface area contributed by atoms with Gasteiger partial charge in [0.15, 0.2) is 18.3 Å². The predicted molar refractivity (Wildman–Crippen MR) is 109 cm³/mol. The molecule has 30 heavy (non-hydrogen) atoms. The number of aromatic nitrogens is 1. The van der Waals surface area contributed by atoms with Crippen molar-refractivity contribution in [3.63, 3.8) is 0 Å². The van der Waals surface area contributed by atoms with Gasteiger partial charge < -0.3 is 14.1 Å². The van der Waals surface area contributed by atoms with Crippen LogP contribution in [-0.2, 0) is 27.3 Å². The van der Waals surface area contributed by atoms with E-state index in [0.29, 0.717) is 30.3 Å². The molecule has 6 nitrogen and oxygen atoms in total. The fourth-order valence-electron chi connectivity index (χ4n) is 2.91. The number of hydrogen-bond acceptors (Lipinski definition) is 5. The molecule has 1 amide bonds. The minimum atomic E-state index is -0.523. The lowest BCUT2D eigenvalue weighted by atomic mass is 10.2. The SMILES string of the molecule is CCN(Cc1ccccc1)C(=O)COC(=O)CCc1ncc(-c2ccccc2F)o1. The van der Waals surface area contributed by atoms with Crippen molar-refractivity contribution in [2.75, 3.05) is 13.2 Å². The second kappa shape index (κ2) is 10.3. The number of likely N-dealkylation sites (N-methyl/N-ethyl adjacent to an activating group) is 1. The van der Waals surface area contributed by atoms with Gasteiger partial charge in [0.2, 0.25) is 0 Å². The first-order valence-electron chi connectivity index (χ1n) is 9.73. The fourth-order valence-corrected chi connectivity index (χ4v) is 2.91. The lowest BCUT2D eigenvalue weighted by Gasteiger charge is -2.20. The fraction of sp³-hybridized carbons (Fsp3) is 0.261. The van der Waals surface area contributed by atoms with Gasteiger partial charge in [0, 0.05) is 19.5 Å². The van der Waals surface area contributed by atoms with Crippen molar-refractivity contribution < 1.29 is 23.1 Å². The maximum Gasteiger partial charge on any atom is 0.306 e. The third-order valence-corrected chi connectivity index (χ3v) is 4.54. The van der Waals surface area contributed by atoms with Crippen LogP contribution in [0, 0.1) is 5.82 Å². The number of oxazole rings is 1. The van der Waals surface area contributed by atoms with Crippen molar-refractivity contribution in [2.24, 2.45) is 0 Å². The Labute approximate surface area is 174 Å². The summed E-state index contributed by atoms with van der Waals surface area (Å²) in [6, 6.07) is 15.8. The Bertz CT molecular complexity index is 988. The number of halogens is 1. The monoisotopic (exact) mass is 410 g/mol. The number of aryl methyl sites for hydroxylation is 1. The molecule has 0 bridgehead atoms. The van der Waals surface area contributed by atoms with Crippen LogP contribution in [0.15, 0.2) is 65.2 Å². The average molecular weight is 410 g/mol. The maximum atomic E-state index is 13.8. The van der Waals surface area contributed by atoms with Crippen molar-refractivity contribution in [3.05, 3.63) is 78.1 Å². The van der Waals surface area contributed by atoms with Crippen molar-refractivity contribution in [3.8, 4) is 11.3 Å². The summed E-state index contributed by atoms with van der Waals surface area (Å²) in [6.45, 7) is 2.53. The minimum Gasteiger partial charge on any atom is -0.456 e. The highest BCUT2D eigenvalue weighted by Gasteiger charge is 2.16. The van der Waals surface area contributed by atoms with Gasteiger partial charge in [0.1, 0.15) is 5.82 Å². The lowest BCUT2D eigenvalue weighted by Crippen LogP contribution is -2.34. The van der Waals surface area contributed by atoms with Gasteiger partial charge in [-0.1, -0.05) is 42.5 Å². The molecule has 0 atom stereocenters. The molecule has 0 aliphatic carbocycles. The summed E-state index contributed by atoms with van der Waals surface area (Å²) in [5.74, 6) is -0.589. The average Bonchev–Trinajstić information content (AvgIpc) is 3.24. The standard InChI is InChI=1S/C23H23FN2O4/c1-2-26(15-17-8-4-3-5-9-17)22(27)16-29-23(28)13-12-21-25-14-20(30-21)18-10-6-7-11-19(18)24/h3-11,14H,2,12-13,15-16H2,1H3. The number of hydrogen-bond donors (Lipinski definition) is 0. The first-order valence-corrected chi connectivity index (χ1v) is 9.73. The zero-order valence-corrected chi connectivity index (χ0v) is 16.7. The summed E-state index contributed by atoms with van der Waals surface area (Å²) >= 11 is 0. The molecule has 3 aromatic rings. The molecule has 1 aromatic heterocycles. The number of carbonyl (C=O) groups is 2. The van der Waals surface area contributed by atoms with E-state index >= 15 is 0 Å². The molecule has 0 radical (unpaired) electrons. The van der Waals surface area contributed by atoms with Gasteiger partial charge >= 0.3 is 5.97 Å². The molecular weight excluding hydrogens is 387 g/mol. The number of nitrogens with zero attached hydrogens (tertiary/aromatic N) is 2. The van der Waals surface area contributed by atoms with E-state index in [9.17, 15) is 14.0 Å². The Morgan fingerprint density at radius 3 is 2.57 bits per heavy atom. The first kappa shape index (κ1) is 21.2. The Hall–Kier alpha value is -3.48. The molecular formula is C23H23FN2O4. The topological polar surface area (TPSA) is 72.6 Å². The van der Waals surface area contributed by atoms with Crippen LogP contribution >= 0.6 is 0 Å². The highest BCUT2D eigenvalue weighted by Crippen LogP contribution is 2.23. The van der Waals surface area contributed by atoms with E-state index < -0.39 is 11.8 Å². The van der Waals surface area contributed by atoms with Crippen LogP contribution in [0.1, 0.15) is 24.8 Å². The van der Waals surface area contributed by atoms with Gasteiger partial charge in [-0.2, -0.15) is 0 Å². The van der Waals surface area contributed by atoms with Crippen molar-refractivity contribution >= 4 is 11.9 Å². The van der Waals surface area contributed by atoms with Crippen LogP contribution in [-0.4, -0.2) is 34.9 Å². The molecule has 1 heterocycles. The largest absolute Gasteiger partial charge is 0.456 e. The zero-order valence-electron chi connectivity index (χ0n) is 16.7. The van der Waals surface area contributed by atoms with Crippen molar-refractivity contribution in [1.82, 2.24) is 9.88 Å². The molecule has 0 N–H and O–H groups in total. The maximum absolute atomic E-state index is 13.8. The highest BCUT2D eigenvalue weighted by atomic mass is 19.1. The summed E-state index contributed by atoms with van der Waals surface area (Å²) in [5.41, 5.74) is 1.32. The number of carbonyl (C=O) groups excluding carboxylic acids is 2. The van der Waals surface area contributed by atoms with Crippen LogP contribution < -0.4 is 0 Å². The molecule has 0 aliphatic rings. The lowest BCUT2D eigenvalue weighted by molar-refractivity contribution is -0.152. The Morgan fingerprint density at radius 2 is 1.83 bits per heavy atom. The number of esters is 1. The predicted octanol–water partition coefficient (Wildman–Crippen LogP) is 4.01. The van der Waals surface area contributed by atoms with Gasteiger partial charge in [-0.3, -0.25) is 9.59 Å². The van der Waals surface area contributed by atoms with E-state index in [1.54, 1.807) is 23.1 Å². The Kier molecular flexibility index (Phi) is 7.32. The molecule has 0 spiro atoms. The van der Waals surface area contributed by atoms with E-state index in [-0.39, 0.29) is 25.4 Å². The Balaban J connectivity index is 1.45. The summed E-state index contributed by atoms with van der Waals surface area (Å²) in [7, 11) is 0. The van der Waals surface area contributed by atoms with Crippen molar-refractivity contribution in [1.29, 1.82) is 0 Å². The molecule has 3 rings (SSSR count). The first-order chi connectivity index (χ1) is 14.6. The normalized spacial score (nSPS) is 10.6. The number of benzene rings is 2. The minimum absolute atomic E-state index is 0.00924. The molecule has 0 saturated heterocycles. The van der Waals surface area contributed by atoms with Gasteiger partial charge in [-0.25, -0.2) is 9.37 Å². The van der Waals surface area contributed by atoms with E-state index in [1.165, 1.54) is 12.3 Å². The van der Waals surface area contributed by atoms with Gasteiger partial charge in [0.25, 0.3) is 5.91 Å². The second-order valence-corrected chi connectivity index (χ2v) is 6.65. The van der Waals surface area contributed by atoms with Crippen LogP contribution in [0.4, 0.5) is 4.39 Å². The van der Waals surface area contributed by atoms with Crippen LogP contribution in [0.3, 0.4) is 0 Å². The van der Waals surface area contributed by atoms with Crippen molar-refractivity contribution in [2.45, 2.75) is 26.3 Å². The third-order valence-electron chi connectivity index (χ3n) is 4.54. The van der Waals surface area contributed by atoms with Gasteiger partial charge in [-0.05, 0) is 24.6 Å². The quantitative estimate of drug-likeness (QED) is 0.499. The van der Waals surface area contributed by atoms with Crippen LogP contribution in [0.25, 0.3) is 11.3 Å². The smallest absolute Gasteiger partial charge is 0.306 e. The van der Waals surface area contributed by atoms with E-state index in [2.05, 4.69) is 4.98 Å². The van der Waals surface area contributed by atoms with Crippen LogP contribution in [0.2, 0.25) is 0 Å². The van der Waals surface area contributed by atoms with Crippen LogP contribution in [0.5, 0.6) is 0 Å². The summed E-state index contributed by atoms with van der Waals surface area (Å²) in [5, 5.41) is 0. The van der Waals surface area contributed by atoms with E-state index in [4.69, 9.17) is 9.15 Å². The summed E-state index contributed by atoms with van der Waals surface area (Å²) in [6.07, 6.45) is 1.63. The molecule has 2 aromatic carbocycles. The molecule has 7 heteroatoms. The second-order valence-electron chi connectivity index (χ2n) is 6.65. The molecule has 0 fully saturated rings. The highest BCUT2D eigenvalue weighted by molar-refractivity contribution is 5.80. The molecule has 0 saturated carbocycles. The number of amides is 1. The molecule has 0 unspecified atom stereocenters. The zero-order chi connectivity index (χ0) is 21.3. The number of ether oxygens (including phenoxy) is 1. The molecule has 0 aliphatic heterocycles. The third kappa shape index (κ3) is 5.76.